The number of fused-ring (bicyclic) bond motifs is 1. The van der Waals surface area contributed by atoms with Crippen LogP contribution in [-0.2, 0) is 0 Å². The number of anilines is 1. The number of thiazole rings is 1. The number of nitrogens with two attached hydrogens (primary N) is 1. The minimum atomic E-state index is 0.581. The molecule has 0 bridgehead atoms. The van der Waals surface area contributed by atoms with Crippen LogP contribution in [0.25, 0.3) is 10.2 Å². The zero-order valence-corrected chi connectivity index (χ0v) is 9.85. The van der Waals surface area contributed by atoms with Crippen LogP contribution in [0.2, 0.25) is 0 Å². The summed E-state index contributed by atoms with van der Waals surface area (Å²) in [5, 5.41) is 0.581. The molecule has 0 aliphatic carbocycles. The third-order valence-corrected chi connectivity index (χ3v) is 3.88. The Hall–Kier alpha value is -0.560. The lowest BCUT2D eigenvalue weighted by atomic mass is 10.3. The van der Waals surface area contributed by atoms with Gasteiger partial charge in [0.25, 0.3) is 0 Å². The number of hydrogen-bond donors (Lipinski definition) is 1. The topological polar surface area (TPSA) is 48.1 Å². The Morgan fingerprint density at radius 1 is 1.54 bits per heavy atom. The summed E-state index contributed by atoms with van der Waals surface area (Å²) in [6.45, 7) is 0. The summed E-state index contributed by atoms with van der Waals surface area (Å²) in [5.41, 5.74) is 6.49. The van der Waals surface area contributed by atoms with Gasteiger partial charge < -0.3 is 10.5 Å². The normalized spacial score (nSPS) is 10.6. The summed E-state index contributed by atoms with van der Waals surface area (Å²) < 4.78 is 7.43. The van der Waals surface area contributed by atoms with Gasteiger partial charge in [0.2, 0.25) is 0 Å². The molecule has 2 aromatic rings. The highest BCUT2D eigenvalue weighted by Crippen LogP contribution is 2.34. The third kappa shape index (κ3) is 1.46. The van der Waals surface area contributed by atoms with Gasteiger partial charge in [-0.2, -0.15) is 0 Å². The first-order valence-electron chi connectivity index (χ1n) is 3.61. The van der Waals surface area contributed by atoms with Crippen molar-refractivity contribution in [2.24, 2.45) is 0 Å². The van der Waals surface area contributed by atoms with E-state index in [1.165, 1.54) is 11.3 Å². The highest BCUT2D eigenvalue weighted by molar-refractivity contribution is 14.1. The number of nitrogen functional groups attached to an aromatic ring is 1. The van der Waals surface area contributed by atoms with E-state index >= 15 is 0 Å². The van der Waals surface area contributed by atoms with Crippen LogP contribution in [0, 0.1) is 3.57 Å². The Balaban J connectivity index is 2.83. The van der Waals surface area contributed by atoms with Gasteiger partial charge in [0.05, 0.1) is 11.8 Å². The second-order valence-corrected chi connectivity index (χ2v) is 4.67. The number of nitrogens with zero attached hydrogens (tertiary/aromatic N) is 1. The summed E-state index contributed by atoms with van der Waals surface area (Å²) in [6, 6.07) is 3.91. The Bertz CT molecular complexity index is 455. The van der Waals surface area contributed by atoms with Crippen LogP contribution in [0.15, 0.2) is 12.1 Å². The Morgan fingerprint density at radius 3 is 3.00 bits per heavy atom. The molecule has 0 fully saturated rings. The van der Waals surface area contributed by atoms with Crippen LogP contribution in [0.5, 0.6) is 5.75 Å². The quantitative estimate of drug-likeness (QED) is 0.824. The van der Waals surface area contributed by atoms with E-state index in [1.807, 2.05) is 12.1 Å². The van der Waals surface area contributed by atoms with E-state index in [0.717, 1.165) is 19.5 Å². The number of halogens is 1. The molecule has 0 atom stereocenters. The van der Waals surface area contributed by atoms with Crippen molar-refractivity contribution in [3.05, 3.63) is 15.7 Å². The van der Waals surface area contributed by atoms with Crippen molar-refractivity contribution in [2.75, 3.05) is 12.8 Å². The first kappa shape index (κ1) is 9.01. The number of methoxy groups -OCH3 is 1. The summed E-state index contributed by atoms with van der Waals surface area (Å²) >= 11 is 3.75. The lowest BCUT2D eigenvalue weighted by molar-refractivity contribution is 0.419. The van der Waals surface area contributed by atoms with Crippen molar-refractivity contribution in [3.8, 4) is 5.75 Å². The standard InChI is InChI=1S/C8H7IN2OS/c1-12-5-3-2-4(9)7-6(5)11-8(10)13-7/h2-3H,1H3,(H2,10,11). The number of ether oxygens (including phenoxy) is 1. The lowest BCUT2D eigenvalue weighted by Gasteiger charge is -2.00. The van der Waals surface area contributed by atoms with Gasteiger partial charge in [-0.15, -0.1) is 0 Å². The number of aromatic nitrogens is 1. The number of benzene rings is 1. The van der Waals surface area contributed by atoms with Gasteiger partial charge in [-0.3, -0.25) is 0 Å². The van der Waals surface area contributed by atoms with Crippen LogP contribution < -0.4 is 10.5 Å². The first-order chi connectivity index (χ1) is 6.22. The summed E-state index contributed by atoms with van der Waals surface area (Å²) in [4.78, 5) is 4.21. The minimum Gasteiger partial charge on any atom is -0.494 e. The fourth-order valence-corrected chi connectivity index (χ4v) is 2.65. The predicted molar refractivity (Wildman–Crippen MR) is 63.3 cm³/mol. The fourth-order valence-electron chi connectivity index (χ4n) is 1.13. The van der Waals surface area contributed by atoms with E-state index in [0.29, 0.717) is 5.13 Å². The zero-order chi connectivity index (χ0) is 9.42. The van der Waals surface area contributed by atoms with Crippen LogP contribution >= 0.6 is 33.9 Å². The molecule has 3 nitrogen and oxygen atoms in total. The molecule has 0 aliphatic heterocycles. The first-order valence-corrected chi connectivity index (χ1v) is 5.50. The monoisotopic (exact) mass is 306 g/mol. The van der Waals surface area contributed by atoms with E-state index in [1.54, 1.807) is 7.11 Å². The zero-order valence-electron chi connectivity index (χ0n) is 6.87. The lowest BCUT2D eigenvalue weighted by Crippen LogP contribution is -1.86. The van der Waals surface area contributed by atoms with Crippen molar-refractivity contribution in [2.45, 2.75) is 0 Å². The summed E-state index contributed by atoms with van der Waals surface area (Å²) in [7, 11) is 1.64. The highest BCUT2D eigenvalue weighted by atomic mass is 127. The summed E-state index contributed by atoms with van der Waals surface area (Å²) in [5.74, 6) is 0.781. The molecule has 0 saturated heterocycles. The SMILES string of the molecule is COc1ccc(I)c2sc(N)nc12. The van der Waals surface area contributed by atoms with Gasteiger partial charge in [0.15, 0.2) is 5.13 Å². The molecule has 1 aromatic carbocycles. The van der Waals surface area contributed by atoms with E-state index in [4.69, 9.17) is 10.5 Å². The third-order valence-electron chi connectivity index (χ3n) is 1.69. The second-order valence-electron chi connectivity index (χ2n) is 2.48. The molecular weight excluding hydrogens is 299 g/mol. The molecule has 2 N–H and O–H groups in total. The average molecular weight is 306 g/mol. The fraction of sp³-hybridized carbons (Fsp3) is 0.125. The molecule has 0 radical (unpaired) electrons. The van der Waals surface area contributed by atoms with Crippen LogP contribution in [-0.4, -0.2) is 12.1 Å². The van der Waals surface area contributed by atoms with E-state index in [2.05, 4.69) is 27.6 Å². The largest absolute Gasteiger partial charge is 0.494 e. The van der Waals surface area contributed by atoms with Crippen molar-refractivity contribution in [3.63, 3.8) is 0 Å². The maximum atomic E-state index is 5.63. The molecule has 0 amide bonds. The van der Waals surface area contributed by atoms with E-state index in [-0.39, 0.29) is 0 Å². The molecular formula is C8H7IN2OS. The van der Waals surface area contributed by atoms with Crippen LogP contribution in [0.1, 0.15) is 0 Å². The maximum Gasteiger partial charge on any atom is 0.181 e. The van der Waals surface area contributed by atoms with Gasteiger partial charge in [-0.05, 0) is 34.7 Å². The summed E-state index contributed by atoms with van der Waals surface area (Å²) in [6.07, 6.45) is 0. The molecule has 68 valence electrons. The average Bonchev–Trinajstić information content (AvgIpc) is 2.48. The van der Waals surface area contributed by atoms with Crippen LogP contribution in [0.4, 0.5) is 5.13 Å². The predicted octanol–water partition coefficient (Wildman–Crippen LogP) is 2.49. The Morgan fingerprint density at radius 2 is 2.31 bits per heavy atom. The molecule has 0 unspecified atom stereocenters. The highest BCUT2D eigenvalue weighted by Gasteiger charge is 2.09. The van der Waals surface area contributed by atoms with Crippen molar-refractivity contribution >= 4 is 49.3 Å². The van der Waals surface area contributed by atoms with Gasteiger partial charge in [0, 0.05) is 3.57 Å². The van der Waals surface area contributed by atoms with Gasteiger partial charge in [-0.25, -0.2) is 4.98 Å². The van der Waals surface area contributed by atoms with Crippen LogP contribution in [0.3, 0.4) is 0 Å². The van der Waals surface area contributed by atoms with Crippen molar-refractivity contribution in [1.29, 1.82) is 0 Å². The molecule has 1 heterocycles. The second kappa shape index (κ2) is 3.30. The Kier molecular flexibility index (Phi) is 2.29. The maximum absolute atomic E-state index is 5.63. The van der Waals surface area contributed by atoms with E-state index < -0.39 is 0 Å². The van der Waals surface area contributed by atoms with Gasteiger partial charge in [-0.1, -0.05) is 11.3 Å². The molecule has 0 saturated carbocycles. The minimum absolute atomic E-state index is 0.581. The Labute approximate surface area is 93.1 Å². The number of rotatable bonds is 1. The molecule has 0 spiro atoms. The molecule has 2 rings (SSSR count). The number of hydrogen-bond acceptors (Lipinski definition) is 4. The molecule has 1 aromatic heterocycles. The van der Waals surface area contributed by atoms with Crippen molar-refractivity contribution < 1.29 is 4.74 Å². The van der Waals surface area contributed by atoms with Gasteiger partial charge >= 0.3 is 0 Å². The van der Waals surface area contributed by atoms with Gasteiger partial charge in [0.1, 0.15) is 11.3 Å². The molecule has 13 heavy (non-hydrogen) atoms. The van der Waals surface area contributed by atoms with Crippen molar-refractivity contribution in [1.82, 2.24) is 4.98 Å². The smallest absolute Gasteiger partial charge is 0.181 e. The molecule has 5 heteroatoms. The van der Waals surface area contributed by atoms with E-state index in [9.17, 15) is 0 Å². The molecule has 0 aliphatic rings.